The Morgan fingerprint density at radius 1 is 0.889 bits per heavy atom. The summed E-state index contributed by atoms with van der Waals surface area (Å²) in [6.45, 7) is 0. The number of halogens is 2. The molecule has 1 amide bonds. The fraction of sp³-hybridized carbons (Fsp3) is 0.100. The van der Waals surface area contributed by atoms with Crippen LogP contribution in [0.2, 0.25) is 0 Å². The van der Waals surface area contributed by atoms with Crippen molar-refractivity contribution in [3.63, 3.8) is 0 Å². The highest BCUT2D eigenvalue weighted by Crippen LogP contribution is 2.20. The van der Waals surface area contributed by atoms with Gasteiger partial charge in [-0.25, -0.2) is 8.78 Å². The zero-order valence-corrected chi connectivity index (χ0v) is 14.8. The van der Waals surface area contributed by atoms with Gasteiger partial charge in [-0.05, 0) is 42.5 Å². The molecule has 5 nitrogen and oxygen atoms in total. The van der Waals surface area contributed by atoms with E-state index in [1.54, 1.807) is 6.07 Å². The van der Waals surface area contributed by atoms with Gasteiger partial charge in [-0.3, -0.25) is 9.78 Å². The standard InChI is InChI=1S/C20H18F2N4O/c1-26(2)17-6-3-14(4-7-17)25-20(27)13-9-16(12-23-11-13)24-15-5-8-18(21)19(22)10-15/h3-12,24H,1-2H3,(H,25,27). The van der Waals surface area contributed by atoms with Crippen molar-refractivity contribution in [1.82, 2.24) is 4.98 Å². The van der Waals surface area contributed by atoms with Crippen molar-refractivity contribution < 1.29 is 13.6 Å². The van der Waals surface area contributed by atoms with Crippen LogP contribution in [0.4, 0.5) is 31.5 Å². The van der Waals surface area contributed by atoms with Gasteiger partial charge in [0.2, 0.25) is 0 Å². The number of pyridine rings is 1. The fourth-order valence-electron chi connectivity index (χ4n) is 2.42. The summed E-state index contributed by atoms with van der Waals surface area (Å²) in [6.07, 6.45) is 2.92. The monoisotopic (exact) mass is 368 g/mol. The van der Waals surface area contributed by atoms with Crippen molar-refractivity contribution in [2.24, 2.45) is 0 Å². The molecular weight excluding hydrogens is 350 g/mol. The highest BCUT2D eigenvalue weighted by atomic mass is 19.2. The Labute approximate surface area is 155 Å². The van der Waals surface area contributed by atoms with Crippen LogP contribution >= 0.6 is 0 Å². The molecule has 0 bridgehead atoms. The van der Waals surface area contributed by atoms with Gasteiger partial charge in [0.1, 0.15) is 0 Å². The van der Waals surface area contributed by atoms with E-state index >= 15 is 0 Å². The summed E-state index contributed by atoms with van der Waals surface area (Å²) in [5.74, 6) is -2.20. The predicted molar refractivity (Wildman–Crippen MR) is 103 cm³/mol. The molecule has 0 atom stereocenters. The zero-order valence-electron chi connectivity index (χ0n) is 14.8. The third kappa shape index (κ3) is 4.58. The first-order valence-electron chi connectivity index (χ1n) is 8.18. The van der Waals surface area contributed by atoms with Gasteiger partial charge in [0.25, 0.3) is 5.91 Å². The topological polar surface area (TPSA) is 57.3 Å². The summed E-state index contributed by atoms with van der Waals surface area (Å²) in [5.41, 5.74) is 2.85. The van der Waals surface area contributed by atoms with Crippen molar-refractivity contribution >= 4 is 28.7 Å². The maximum atomic E-state index is 13.3. The molecular formula is C20H18F2N4O. The molecule has 0 fully saturated rings. The number of hydrogen-bond donors (Lipinski definition) is 2. The van der Waals surface area contributed by atoms with Crippen LogP contribution in [-0.2, 0) is 0 Å². The van der Waals surface area contributed by atoms with Gasteiger partial charge in [-0.15, -0.1) is 0 Å². The number of hydrogen-bond acceptors (Lipinski definition) is 4. The van der Waals surface area contributed by atoms with Gasteiger partial charge in [0, 0.05) is 43.4 Å². The average molecular weight is 368 g/mol. The highest BCUT2D eigenvalue weighted by molar-refractivity contribution is 6.04. The lowest BCUT2D eigenvalue weighted by molar-refractivity contribution is 0.102. The summed E-state index contributed by atoms with van der Waals surface area (Å²) in [6, 6.07) is 12.5. The Kier molecular flexibility index (Phi) is 5.30. The number of rotatable bonds is 5. The van der Waals surface area contributed by atoms with Crippen molar-refractivity contribution in [1.29, 1.82) is 0 Å². The Morgan fingerprint density at radius 3 is 2.26 bits per heavy atom. The van der Waals surface area contributed by atoms with E-state index in [1.807, 2.05) is 43.3 Å². The first kappa shape index (κ1) is 18.3. The van der Waals surface area contributed by atoms with E-state index in [0.29, 0.717) is 22.6 Å². The van der Waals surface area contributed by atoms with Crippen molar-refractivity contribution in [2.75, 3.05) is 29.6 Å². The van der Waals surface area contributed by atoms with E-state index in [4.69, 9.17) is 0 Å². The van der Waals surface area contributed by atoms with Gasteiger partial charge in [0.15, 0.2) is 11.6 Å². The lowest BCUT2D eigenvalue weighted by Gasteiger charge is -2.13. The second-order valence-corrected chi connectivity index (χ2v) is 6.11. The molecule has 3 rings (SSSR count). The Hall–Kier alpha value is -3.48. The molecule has 0 aliphatic rings. The van der Waals surface area contributed by atoms with E-state index in [0.717, 1.165) is 17.8 Å². The molecule has 2 N–H and O–H groups in total. The quantitative estimate of drug-likeness (QED) is 0.700. The van der Waals surface area contributed by atoms with Crippen LogP contribution in [-0.4, -0.2) is 25.0 Å². The Bertz CT molecular complexity index is 958. The number of carbonyl (C=O) groups excluding carboxylic acids is 1. The lowest BCUT2D eigenvalue weighted by Crippen LogP contribution is -2.13. The maximum absolute atomic E-state index is 13.3. The smallest absolute Gasteiger partial charge is 0.257 e. The molecule has 0 radical (unpaired) electrons. The Morgan fingerprint density at radius 2 is 1.59 bits per heavy atom. The molecule has 7 heteroatoms. The number of benzene rings is 2. The molecule has 0 unspecified atom stereocenters. The molecule has 0 saturated carbocycles. The van der Waals surface area contributed by atoms with Gasteiger partial charge in [-0.2, -0.15) is 0 Å². The molecule has 3 aromatic rings. The number of anilines is 4. The largest absolute Gasteiger partial charge is 0.378 e. The summed E-state index contributed by atoms with van der Waals surface area (Å²) < 4.78 is 26.3. The number of aromatic nitrogens is 1. The van der Waals surface area contributed by atoms with Gasteiger partial charge >= 0.3 is 0 Å². The second kappa shape index (κ2) is 7.82. The molecule has 0 saturated heterocycles. The molecule has 0 aliphatic heterocycles. The van der Waals surface area contributed by atoms with Crippen LogP contribution in [0, 0.1) is 11.6 Å². The molecule has 138 valence electrons. The van der Waals surface area contributed by atoms with Crippen molar-refractivity contribution in [3.05, 3.63) is 78.1 Å². The number of amides is 1. The van der Waals surface area contributed by atoms with Crippen LogP contribution < -0.4 is 15.5 Å². The molecule has 0 aliphatic carbocycles. The minimum absolute atomic E-state index is 0.325. The number of nitrogens with zero attached hydrogens (tertiary/aromatic N) is 2. The van der Waals surface area contributed by atoms with Crippen LogP contribution in [0.3, 0.4) is 0 Å². The molecule has 2 aromatic carbocycles. The third-order valence-corrected chi connectivity index (χ3v) is 3.85. The van der Waals surface area contributed by atoms with Gasteiger partial charge in [0.05, 0.1) is 17.4 Å². The van der Waals surface area contributed by atoms with Crippen LogP contribution in [0.5, 0.6) is 0 Å². The lowest BCUT2D eigenvalue weighted by atomic mass is 10.2. The molecule has 27 heavy (non-hydrogen) atoms. The maximum Gasteiger partial charge on any atom is 0.257 e. The summed E-state index contributed by atoms with van der Waals surface area (Å²) >= 11 is 0. The van der Waals surface area contributed by atoms with Gasteiger partial charge in [-0.1, -0.05) is 0 Å². The Balaban J connectivity index is 1.72. The van der Waals surface area contributed by atoms with E-state index in [2.05, 4.69) is 15.6 Å². The normalized spacial score (nSPS) is 10.4. The summed E-state index contributed by atoms with van der Waals surface area (Å²) in [5, 5.41) is 5.69. The molecule has 1 aromatic heterocycles. The SMILES string of the molecule is CN(C)c1ccc(NC(=O)c2cncc(Nc3ccc(F)c(F)c3)c2)cc1. The zero-order chi connectivity index (χ0) is 19.4. The number of carbonyl (C=O) groups is 1. The fourth-order valence-corrected chi connectivity index (χ4v) is 2.42. The highest BCUT2D eigenvalue weighted by Gasteiger charge is 2.09. The first-order chi connectivity index (χ1) is 12.9. The summed E-state index contributed by atoms with van der Waals surface area (Å²) in [7, 11) is 3.87. The van der Waals surface area contributed by atoms with Crippen molar-refractivity contribution in [3.8, 4) is 0 Å². The van der Waals surface area contributed by atoms with Gasteiger partial charge < -0.3 is 15.5 Å². The third-order valence-electron chi connectivity index (χ3n) is 3.85. The van der Waals surface area contributed by atoms with E-state index in [-0.39, 0.29) is 5.91 Å². The van der Waals surface area contributed by atoms with E-state index in [9.17, 15) is 13.6 Å². The molecule has 0 spiro atoms. The minimum Gasteiger partial charge on any atom is -0.378 e. The van der Waals surface area contributed by atoms with E-state index < -0.39 is 11.6 Å². The average Bonchev–Trinajstić information content (AvgIpc) is 2.65. The molecule has 1 heterocycles. The van der Waals surface area contributed by atoms with Crippen LogP contribution in [0.15, 0.2) is 60.9 Å². The van der Waals surface area contributed by atoms with Crippen molar-refractivity contribution in [2.45, 2.75) is 0 Å². The van der Waals surface area contributed by atoms with Crippen LogP contribution in [0.1, 0.15) is 10.4 Å². The minimum atomic E-state index is -0.956. The second-order valence-electron chi connectivity index (χ2n) is 6.11. The van der Waals surface area contributed by atoms with E-state index in [1.165, 1.54) is 18.5 Å². The first-order valence-corrected chi connectivity index (χ1v) is 8.18. The number of nitrogens with one attached hydrogen (secondary N) is 2. The summed E-state index contributed by atoms with van der Waals surface area (Å²) in [4.78, 5) is 18.4. The predicted octanol–water partition coefficient (Wildman–Crippen LogP) is 4.42. The van der Waals surface area contributed by atoms with Crippen LogP contribution in [0.25, 0.3) is 0 Å².